The van der Waals surface area contributed by atoms with Gasteiger partial charge in [0.1, 0.15) is 0 Å². The molecule has 0 radical (unpaired) electrons. The van der Waals surface area contributed by atoms with Crippen molar-refractivity contribution in [3.63, 3.8) is 0 Å². The lowest BCUT2D eigenvalue weighted by atomic mass is 9.92. The van der Waals surface area contributed by atoms with Crippen molar-refractivity contribution in [1.82, 2.24) is 19.9 Å². The summed E-state index contributed by atoms with van der Waals surface area (Å²) in [7, 11) is 0. The van der Waals surface area contributed by atoms with E-state index in [0.29, 0.717) is 17.8 Å². The third-order valence-electron chi connectivity index (χ3n) is 4.24. The molecular weight excluding hydrogens is 242 g/mol. The second kappa shape index (κ2) is 5.28. The fraction of sp³-hybridized carbons (Fsp3) is 0.769. The van der Waals surface area contributed by atoms with Crippen LogP contribution in [0.2, 0.25) is 0 Å². The van der Waals surface area contributed by atoms with Gasteiger partial charge in [0.15, 0.2) is 5.69 Å². The van der Waals surface area contributed by atoms with E-state index in [1.54, 1.807) is 0 Å². The number of carbonyl (C=O) groups is 1. The first kappa shape index (κ1) is 12.6. The molecule has 104 valence electrons. The van der Waals surface area contributed by atoms with Gasteiger partial charge in [0.25, 0.3) is 5.91 Å². The van der Waals surface area contributed by atoms with Crippen LogP contribution in [0.5, 0.6) is 0 Å². The first-order valence-corrected chi connectivity index (χ1v) is 7.21. The van der Waals surface area contributed by atoms with Crippen molar-refractivity contribution in [2.75, 3.05) is 13.1 Å². The SMILES string of the molecule is NC1CCC(n2cc(C(=O)N3CCCC3)nn2)CC1. The van der Waals surface area contributed by atoms with Crippen LogP contribution < -0.4 is 5.73 Å². The van der Waals surface area contributed by atoms with E-state index in [2.05, 4.69) is 10.3 Å². The fourth-order valence-electron chi connectivity index (χ4n) is 3.00. The Morgan fingerprint density at radius 3 is 2.58 bits per heavy atom. The molecule has 19 heavy (non-hydrogen) atoms. The van der Waals surface area contributed by atoms with E-state index in [0.717, 1.165) is 51.6 Å². The van der Waals surface area contributed by atoms with Crippen LogP contribution in [-0.2, 0) is 0 Å². The van der Waals surface area contributed by atoms with Gasteiger partial charge in [-0.2, -0.15) is 0 Å². The first-order valence-electron chi connectivity index (χ1n) is 7.21. The molecule has 1 saturated carbocycles. The molecule has 0 atom stereocenters. The third kappa shape index (κ3) is 2.63. The van der Waals surface area contributed by atoms with Gasteiger partial charge < -0.3 is 10.6 Å². The third-order valence-corrected chi connectivity index (χ3v) is 4.24. The number of carbonyl (C=O) groups excluding carboxylic acids is 1. The summed E-state index contributed by atoms with van der Waals surface area (Å²) >= 11 is 0. The van der Waals surface area contributed by atoms with Gasteiger partial charge >= 0.3 is 0 Å². The average Bonchev–Trinajstić information content (AvgIpc) is 3.10. The summed E-state index contributed by atoms with van der Waals surface area (Å²) in [6.45, 7) is 1.70. The zero-order valence-electron chi connectivity index (χ0n) is 11.2. The molecule has 2 fully saturated rings. The summed E-state index contributed by atoms with van der Waals surface area (Å²) in [5, 5.41) is 8.18. The zero-order valence-corrected chi connectivity index (χ0v) is 11.2. The van der Waals surface area contributed by atoms with Gasteiger partial charge in [0, 0.05) is 19.1 Å². The molecule has 6 heteroatoms. The lowest BCUT2D eigenvalue weighted by Gasteiger charge is -2.25. The highest BCUT2D eigenvalue weighted by atomic mass is 16.2. The average molecular weight is 263 g/mol. The van der Waals surface area contributed by atoms with Gasteiger partial charge in [0.2, 0.25) is 0 Å². The Labute approximate surface area is 112 Å². The normalized spacial score (nSPS) is 27.7. The van der Waals surface area contributed by atoms with E-state index < -0.39 is 0 Å². The molecule has 1 aromatic rings. The van der Waals surface area contributed by atoms with Gasteiger partial charge in [-0.3, -0.25) is 4.79 Å². The minimum absolute atomic E-state index is 0.0243. The van der Waals surface area contributed by atoms with Crippen LogP contribution in [0.15, 0.2) is 6.20 Å². The van der Waals surface area contributed by atoms with Gasteiger partial charge in [-0.1, -0.05) is 5.21 Å². The molecule has 1 aliphatic heterocycles. The van der Waals surface area contributed by atoms with Crippen LogP contribution >= 0.6 is 0 Å². The molecular formula is C13H21N5O. The summed E-state index contributed by atoms with van der Waals surface area (Å²) in [5.41, 5.74) is 6.39. The summed E-state index contributed by atoms with van der Waals surface area (Å²) in [6.07, 6.45) is 8.12. The number of amides is 1. The van der Waals surface area contributed by atoms with E-state index in [1.807, 2.05) is 15.8 Å². The van der Waals surface area contributed by atoms with Crippen molar-refractivity contribution in [2.24, 2.45) is 5.73 Å². The van der Waals surface area contributed by atoms with Crippen molar-refractivity contribution in [3.05, 3.63) is 11.9 Å². The maximum Gasteiger partial charge on any atom is 0.276 e. The van der Waals surface area contributed by atoms with Gasteiger partial charge in [-0.15, -0.1) is 5.10 Å². The highest BCUT2D eigenvalue weighted by Crippen LogP contribution is 2.27. The van der Waals surface area contributed by atoms with Crippen molar-refractivity contribution < 1.29 is 4.79 Å². The number of hydrogen-bond acceptors (Lipinski definition) is 4. The standard InChI is InChI=1S/C13H21N5O/c14-10-3-5-11(6-4-10)18-9-12(15-16-18)13(19)17-7-1-2-8-17/h9-11H,1-8,14H2. The van der Waals surface area contributed by atoms with E-state index in [9.17, 15) is 4.79 Å². The van der Waals surface area contributed by atoms with Crippen molar-refractivity contribution in [1.29, 1.82) is 0 Å². The molecule has 0 bridgehead atoms. The van der Waals surface area contributed by atoms with Crippen LogP contribution in [0, 0.1) is 0 Å². The Hall–Kier alpha value is -1.43. The molecule has 1 saturated heterocycles. The molecule has 1 amide bonds. The van der Waals surface area contributed by atoms with E-state index in [1.165, 1.54) is 0 Å². The molecule has 2 heterocycles. The Morgan fingerprint density at radius 1 is 1.21 bits per heavy atom. The van der Waals surface area contributed by atoms with Crippen molar-refractivity contribution in [2.45, 2.75) is 50.6 Å². The van der Waals surface area contributed by atoms with Gasteiger partial charge in [-0.25, -0.2) is 4.68 Å². The fourth-order valence-corrected chi connectivity index (χ4v) is 3.00. The van der Waals surface area contributed by atoms with Crippen molar-refractivity contribution in [3.8, 4) is 0 Å². The summed E-state index contributed by atoms with van der Waals surface area (Å²) in [6, 6.07) is 0.679. The minimum Gasteiger partial charge on any atom is -0.337 e. The number of aromatic nitrogens is 3. The summed E-state index contributed by atoms with van der Waals surface area (Å²) < 4.78 is 1.86. The quantitative estimate of drug-likeness (QED) is 0.862. The predicted molar refractivity (Wildman–Crippen MR) is 70.6 cm³/mol. The first-order chi connectivity index (χ1) is 9.24. The number of rotatable bonds is 2. The highest BCUT2D eigenvalue weighted by molar-refractivity contribution is 5.92. The number of hydrogen-bond donors (Lipinski definition) is 1. The molecule has 1 aliphatic carbocycles. The van der Waals surface area contributed by atoms with E-state index in [-0.39, 0.29) is 5.91 Å². The van der Waals surface area contributed by atoms with Crippen LogP contribution in [0.3, 0.4) is 0 Å². The lowest BCUT2D eigenvalue weighted by Crippen LogP contribution is -2.28. The minimum atomic E-state index is 0.0243. The molecule has 2 aliphatic rings. The van der Waals surface area contributed by atoms with E-state index >= 15 is 0 Å². The van der Waals surface area contributed by atoms with Gasteiger partial charge in [0.05, 0.1) is 12.2 Å². The topological polar surface area (TPSA) is 77.0 Å². The second-order valence-electron chi connectivity index (χ2n) is 5.65. The Balaban J connectivity index is 1.67. The highest BCUT2D eigenvalue weighted by Gasteiger charge is 2.25. The number of nitrogens with two attached hydrogens (primary N) is 1. The smallest absolute Gasteiger partial charge is 0.276 e. The van der Waals surface area contributed by atoms with Crippen LogP contribution in [0.4, 0.5) is 0 Å². The maximum atomic E-state index is 12.2. The molecule has 0 aromatic carbocycles. The van der Waals surface area contributed by atoms with E-state index in [4.69, 9.17) is 5.73 Å². The Bertz CT molecular complexity index is 444. The Kier molecular flexibility index (Phi) is 3.50. The zero-order chi connectivity index (χ0) is 13.2. The number of likely N-dealkylation sites (tertiary alicyclic amines) is 1. The largest absolute Gasteiger partial charge is 0.337 e. The molecule has 0 spiro atoms. The van der Waals surface area contributed by atoms with Gasteiger partial charge in [-0.05, 0) is 38.5 Å². The molecule has 1 aromatic heterocycles. The second-order valence-corrected chi connectivity index (χ2v) is 5.65. The monoisotopic (exact) mass is 263 g/mol. The summed E-state index contributed by atoms with van der Waals surface area (Å²) in [5.74, 6) is 0.0243. The maximum absolute atomic E-state index is 12.2. The summed E-state index contributed by atoms with van der Waals surface area (Å²) in [4.78, 5) is 14.1. The van der Waals surface area contributed by atoms with Crippen LogP contribution in [0.25, 0.3) is 0 Å². The van der Waals surface area contributed by atoms with Crippen LogP contribution in [0.1, 0.15) is 55.1 Å². The van der Waals surface area contributed by atoms with Crippen molar-refractivity contribution >= 4 is 5.91 Å². The molecule has 2 N–H and O–H groups in total. The molecule has 6 nitrogen and oxygen atoms in total. The Morgan fingerprint density at radius 2 is 1.89 bits per heavy atom. The number of nitrogens with zero attached hydrogens (tertiary/aromatic N) is 4. The lowest BCUT2D eigenvalue weighted by molar-refractivity contribution is 0.0787. The predicted octanol–water partition coefficient (Wildman–Crippen LogP) is 0.956. The molecule has 0 unspecified atom stereocenters. The van der Waals surface area contributed by atoms with Crippen LogP contribution in [-0.4, -0.2) is 44.9 Å². The molecule has 3 rings (SSSR count).